The second-order valence-corrected chi connectivity index (χ2v) is 9.15. The van der Waals surface area contributed by atoms with Crippen molar-refractivity contribution >= 4 is 45.7 Å². The van der Waals surface area contributed by atoms with Crippen molar-refractivity contribution < 1.29 is 4.79 Å². The number of hydrogen-bond donors (Lipinski definition) is 1. The lowest BCUT2D eigenvalue weighted by Gasteiger charge is -2.11. The van der Waals surface area contributed by atoms with Crippen LogP contribution in [-0.2, 0) is 4.79 Å². The summed E-state index contributed by atoms with van der Waals surface area (Å²) in [6, 6.07) is 29.6. The molecular formula is C27H21ClN4OS. The van der Waals surface area contributed by atoms with Crippen molar-refractivity contribution in [3.05, 3.63) is 102 Å². The molecule has 1 amide bonds. The highest BCUT2D eigenvalue weighted by Gasteiger charge is 2.18. The minimum atomic E-state index is -0.108. The van der Waals surface area contributed by atoms with Gasteiger partial charge in [-0.25, -0.2) is 0 Å². The molecule has 0 saturated heterocycles. The monoisotopic (exact) mass is 484 g/mol. The van der Waals surface area contributed by atoms with Crippen LogP contribution < -0.4 is 5.32 Å². The van der Waals surface area contributed by atoms with Crippen molar-refractivity contribution in [1.29, 1.82) is 0 Å². The molecule has 0 radical (unpaired) electrons. The fourth-order valence-electron chi connectivity index (χ4n) is 3.74. The summed E-state index contributed by atoms with van der Waals surface area (Å²) in [4.78, 5) is 12.8. The maximum absolute atomic E-state index is 12.8. The quantitative estimate of drug-likeness (QED) is 0.270. The van der Waals surface area contributed by atoms with Crippen LogP contribution in [0.4, 0.5) is 5.69 Å². The summed E-state index contributed by atoms with van der Waals surface area (Å²) in [5.74, 6) is 0.761. The number of amides is 1. The Morgan fingerprint density at radius 3 is 2.53 bits per heavy atom. The highest BCUT2D eigenvalue weighted by Crippen LogP contribution is 2.30. The number of hydrogen-bond acceptors (Lipinski definition) is 4. The molecule has 0 fully saturated rings. The minimum Gasteiger partial charge on any atom is -0.325 e. The molecule has 5 rings (SSSR count). The van der Waals surface area contributed by atoms with Crippen LogP contribution >= 0.6 is 23.4 Å². The van der Waals surface area contributed by atoms with Gasteiger partial charge in [0, 0.05) is 27.3 Å². The molecule has 0 aliphatic heterocycles. The van der Waals surface area contributed by atoms with Gasteiger partial charge in [-0.15, -0.1) is 10.2 Å². The van der Waals surface area contributed by atoms with E-state index in [1.807, 2.05) is 102 Å². The van der Waals surface area contributed by atoms with E-state index >= 15 is 0 Å². The lowest BCUT2D eigenvalue weighted by atomic mass is 10.1. The van der Waals surface area contributed by atoms with Crippen LogP contribution in [0.3, 0.4) is 0 Å². The predicted molar refractivity (Wildman–Crippen MR) is 140 cm³/mol. The number of nitrogens with zero attached hydrogens (tertiary/aromatic N) is 3. The van der Waals surface area contributed by atoms with Gasteiger partial charge in [0.25, 0.3) is 0 Å². The van der Waals surface area contributed by atoms with E-state index in [1.54, 1.807) is 0 Å². The average molecular weight is 485 g/mol. The van der Waals surface area contributed by atoms with Crippen LogP contribution in [0.2, 0.25) is 5.02 Å². The van der Waals surface area contributed by atoms with E-state index in [-0.39, 0.29) is 11.7 Å². The van der Waals surface area contributed by atoms with Gasteiger partial charge in [-0.2, -0.15) is 0 Å². The summed E-state index contributed by atoms with van der Waals surface area (Å²) in [7, 11) is 0. The third kappa shape index (κ3) is 4.55. The van der Waals surface area contributed by atoms with Gasteiger partial charge >= 0.3 is 0 Å². The van der Waals surface area contributed by atoms with E-state index in [2.05, 4.69) is 15.5 Å². The predicted octanol–water partition coefficient (Wildman–Crippen LogP) is 6.78. The van der Waals surface area contributed by atoms with Gasteiger partial charge in [-0.3, -0.25) is 9.36 Å². The molecule has 0 aliphatic rings. The Morgan fingerprint density at radius 2 is 1.71 bits per heavy atom. The van der Waals surface area contributed by atoms with E-state index in [4.69, 9.17) is 11.6 Å². The normalized spacial score (nSPS) is 11.0. The number of anilines is 1. The number of benzene rings is 4. The first-order valence-electron chi connectivity index (χ1n) is 10.8. The van der Waals surface area contributed by atoms with Crippen molar-refractivity contribution in [1.82, 2.24) is 14.8 Å². The van der Waals surface area contributed by atoms with Crippen LogP contribution in [0.5, 0.6) is 0 Å². The molecule has 168 valence electrons. The molecule has 0 spiro atoms. The Labute approximate surface area is 206 Å². The number of thioether (sulfide) groups is 1. The van der Waals surface area contributed by atoms with Gasteiger partial charge in [0.05, 0.1) is 5.75 Å². The number of halogens is 1. The molecule has 0 atom stereocenters. The van der Waals surface area contributed by atoms with E-state index < -0.39 is 0 Å². The lowest BCUT2D eigenvalue weighted by Crippen LogP contribution is -2.14. The fraction of sp³-hybridized carbons (Fsp3) is 0.0741. The maximum Gasteiger partial charge on any atom is 0.234 e. The second-order valence-electron chi connectivity index (χ2n) is 7.80. The zero-order valence-corrected chi connectivity index (χ0v) is 20.0. The summed E-state index contributed by atoms with van der Waals surface area (Å²) in [6.07, 6.45) is 0. The van der Waals surface area contributed by atoms with E-state index in [1.165, 1.54) is 11.8 Å². The van der Waals surface area contributed by atoms with Crippen molar-refractivity contribution in [2.75, 3.05) is 11.1 Å². The highest BCUT2D eigenvalue weighted by atomic mass is 35.5. The summed E-state index contributed by atoms with van der Waals surface area (Å²) >= 11 is 7.72. The van der Waals surface area contributed by atoms with E-state index in [9.17, 15) is 4.79 Å². The highest BCUT2D eigenvalue weighted by molar-refractivity contribution is 7.99. The van der Waals surface area contributed by atoms with Crippen molar-refractivity contribution in [2.45, 2.75) is 12.1 Å². The number of carbonyl (C=O) groups excluding carboxylic acids is 1. The molecule has 0 aliphatic carbocycles. The molecule has 0 saturated carbocycles. The van der Waals surface area contributed by atoms with Crippen LogP contribution in [0, 0.1) is 6.92 Å². The lowest BCUT2D eigenvalue weighted by molar-refractivity contribution is -0.113. The number of nitrogens with one attached hydrogen (secondary N) is 1. The van der Waals surface area contributed by atoms with Gasteiger partial charge in [-0.05, 0) is 42.1 Å². The number of rotatable bonds is 6. The van der Waals surface area contributed by atoms with Crippen LogP contribution in [-0.4, -0.2) is 26.4 Å². The Morgan fingerprint density at radius 1 is 0.941 bits per heavy atom. The summed E-state index contributed by atoms with van der Waals surface area (Å²) < 4.78 is 1.96. The summed E-state index contributed by atoms with van der Waals surface area (Å²) in [5.41, 5.74) is 3.56. The Balaban J connectivity index is 1.42. The second kappa shape index (κ2) is 9.71. The Bertz CT molecular complexity index is 1480. The first kappa shape index (κ1) is 22.2. The third-order valence-electron chi connectivity index (χ3n) is 5.47. The van der Waals surface area contributed by atoms with Gasteiger partial charge < -0.3 is 5.32 Å². The van der Waals surface area contributed by atoms with Crippen LogP contribution in [0.1, 0.15) is 5.56 Å². The van der Waals surface area contributed by atoms with Crippen LogP contribution in [0.25, 0.3) is 27.8 Å². The molecule has 1 aromatic heterocycles. The van der Waals surface area contributed by atoms with Gasteiger partial charge in [0.2, 0.25) is 5.91 Å². The number of carbonyl (C=O) groups is 1. The number of fused-ring (bicyclic) bond motifs is 1. The minimum absolute atomic E-state index is 0.108. The molecule has 1 N–H and O–H groups in total. The molecule has 5 nitrogen and oxygen atoms in total. The topological polar surface area (TPSA) is 59.8 Å². The molecule has 0 bridgehead atoms. The SMILES string of the molecule is Cc1ccc(-c2nnc(SCC(=O)Nc3cccc4ccccc34)n2-c2ccccc2)cc1Cl. The van der Waals surface area contributed by atoms with Gasteiger partial charge in [0.15, 0.2) is 11.0 Å². The molecule has 5 aromatic rings. The fourth-order valence-corrected chi connectivity index (χ4v) is 4.68. The molecule has 4 aromatic carbocycles. The largest absolute Gasteiger partial charge is 0.325 e. The number of aryl methyl sites for hydroxylation is 1. The Hall–Kier alpha value is -3.61. The maximum atomic E-state index is 12.8. The molecular weight excluding hydrogens is 464 g/mol. The summed E-state index contributed by atoms with van der Waals surface area (Å²) in [6.45, 7) is 1.96. The summed E-state index contributed by atoms with van der Waals surface area (Å²) in [5, 5.41) is 15.3. The first-order valence-corrected chi connectivity index (χ1v) is 12.1. The zero-order valence-electron chi connectivity index (χ0n) is 18.4. The van der Waals surface area contributed by atoms with Gasteiger partial charge in [-0.1, -0.05) is 90.1 Å². The third-order valence-corrected chi connectivity index (χ3v) is 6.81. The van der Waals surface area contributed by atoms with E-state index in [0.717, 1.165) is 33.3 Å². The van der Waals surface area contributed by atoms with Gasteiger partial charge in [0.1, 0.15) is 0 Å². The smallest absolute Gasteiger partial charge is 0.234 e. The molecule has 34 heavy (non-hydrogen) atoms. The van der Waals surface area contributed by atoms with Crippen molar-refractivity contribution in [3.63, 3.8) is 0 Å². The first-order chi connectivity index (χ1) is 16.6. The van der Waals surface area contributed by atoms with Crippen LogP contribution in [0.15, 0.2) is 96.2 Å². The number of aromatic nitrogens is 3. The number of para-hydroxylation sites is 1. The average Bonchev–Trinajstić information content (AvgIpc) is 3.29. The standard InChI is InChI=1S/C27H21ClN4OS/c1-18-14-15-20(16-23(18)28)26-30-31-27(32(26)21-10-3-2-4-11-21)34-17-25(33)29-24-13-7-9-19-8-5-6-12-22(19)24/h2-16H,17H2,1H3,(H,29,33). The molecule has 1 heterocycles. The zero-order chi connectivity index (χ0) is 23.5. The van der Waals surface area contributed by atoms with Crippen molar-refractivity contribution in [3.8, 4) is 17.1 Å². The van der Waals surface area contributed by atoms with Crippen molar-refractivity contribution in [2.24, 2.45) is 0 Å². The van der Waals surface area contributed by atoms with E-state index in [0.29, 0.717) is 16.0 Å². The Kier molecular flexibility index (Phi) is 6.34. The molecule has 0 unspecified atom stereocenters. The molecule has 7 heteroatoms.